The van der Waals surface area contributed by atoms with E-state index in [2.05, 4.69) is 0 Å². The second-order valence-corrected chi connectivity index (χ2v) is 4.75. The normalized spacial score (nSPS) is 10.4. The van der Waals surface area contributed by atoms with E-state index in [1.54, 1.807) is 6.07 Å². The maximum Gasteiger partial charge on any atom is 0.371 e. The zero-order valence-electron chi connectivity index (χ0n) is 11.7. The molecule has 0 unspecified atom stereocenters. The summed E-state index contributed by atoms with van der Waals surface area (Å²) in [6.07, 6.45) is 0. The second-order valence-electron chi connectivity index (χ2n) is 4.75. The van der Waals surface area contributed by atoms with Crippen molar-refractivity contribution in [1.82, 2.24) is 0 Å². The Balaban J connectivity index is 1.65. The van der Waals surface area contributed by atoms with E-state index in [1.165, 1.54) is 6.07 Å². The Morgan fingerprint density at radius 1 is 0.909 bits per heavy atom. The first-order valence-corrected chi connectivity index (χ1v) is 6.83. The molecule has 22 heavy (non-hydrogen) atoms. The van der Waals surface area contributed by atoms with Crippen LogP contribution in [0.1, 0.15) is 16.3 Å². The fraction of sp³-hybridized carbons (Fsp3) is 0.0556. The maximum absolute atomic E-state index is 10.7. The van der Waals surface area contributed by atoms with Crippen LogP contribution in [0.25, 0.3) is 11.1 Å². The average Bonchev–Trinajstić information content (AvgIpc) is 3.04. The van der Waals surface area contributed by atoms with Gasteiger partial charge in [0.25, 0.3) is 0 Å². The Morgan fingerprint density at radius 2 is 1.59 bits per heavy atom. The number of ether oxygens (including phenoxy) is 1. The van der Waals surface area contributed by atoms with Crippen molar-refractivity contribution in [1.29, 1.82) is 0 Å². The molecule has 3 aromatic rings. The van der Waals surface area contributed by atoms with E-state index in [4.69, 9.17) is 14.3 Å². The summed E-state index contributed by atoms with van der Waals surface area (Å²) in [7, 11) is 0. The van der Waals surface area contributed by atoms with Gasteiger partial charge >= 0.3 is 5.97 Å². The summed E-state index contributed by atoms with van der Waals surface area (Å²) in [5, 5.41) is 8.79. The number of carboxylic acid groups (broad SMARTS) is 1. The molecule has 0 aliphatic heterocycles. The lowest BCUT2D eigenvalue weighted by atomic mass is 10.1. The first-order chi connectivity index (χ1) is 10.7. The molecular weight excluding hydrogens is 280 g/mol. The van der Waals surface area contributed by atoms with Crippen molar-refractivity contribution in [2.45, 2.75) is 6.61 Å². The van der Waals surface area contributed by atoms with Gasteiger partial charge in [0, 0.05) is 0 Å². The highest BCUT2D eigenvalue weighted by atomic mass is 16.5. The van der Waals surface area contributed by atoms with E-state index in [-0.39, 0.29) is 12.4 Å². The minimum atomic E-state index is -1.08. The predicted molar refractivity (Wildman–Crippen MR) is 81.9 cm³/mol. The fourth-order valence-electron chi connectivity index (χ4n) is 2.10. The highest BCUT2D eigenvalue weighted by Crippen LogP contribution is 2.22. The number of carboxylic acids is 1. The van der Waals surface area contributed by atoms with Crippen molar-refractivity contribution >= 4 is 5.97 Å². The van der Waals surface area contributed by atoms with Crippen LogP contribution in [0.4, 0.5) is 0 Å². The summed E-state index contributed by atoms with van der Waals surface area (Å²) < 4.78 is 10.7. The van der Waals surface area contributed by atoms with Crippen LogP contribution < -0.4 is 4.74 Å². The molecule has 1 aromatic heterocycles. The Morgan fingerprint density at radius 3 is 2.23 bits per heavy atom. The molecular formula is C18H14O4. The number of benzene rings is 2. The standard InChI is InChI=1S/C18H14O4/c19-18(20)17-11-10-16(22-17)12-21-15-8-6-14(7-9-15)13-4-2-1-3-5-13/h1-11H,12H2,(H,19,20). The van der Waals surface area contributed by atoms with Crippen molar-refractivity contribution in [3.8, 4) is 16.9 Å². The van der Waals surface area contributed by atoms with E-state index >= 15 is 0 Å². The Bertz CT molecular complexity index is 757. The van der Waals surface area contributed by atoms with Crippen LogP contribution in [-0.4, -0.2) is 11.1 Å². The van der Waals surface area contributed by atoms with Gasteiger partial charge in [-0.15, -0.1) is 0 Å². The van der Waals surface area contributed by atoms with Gasteiger partial charge in [-0.25, -0.2) is 4.79 Å². The van der Waals surface area contributed by atoms with E-state index in [0.29, 0.717) is 11.5 Å². The van der Waals surface area contributed by atoms with E-state index < -0.39 is 5.97 Å². The SMILES string of the molecule is O=C(O)c1ccc(COc2ccc(-c3ccccc3)cc2)o1. The molecule has 0 atom stereocenters. The van der Waals surface area contributed by atoms with Crippen LogP contribution in [-0.2, 0) is 6.61 Å². The zero-order valence-corrected chi connectivity index (χ0v) is 11.7. The third-order valence-electron chi connectivity index (χ3n) is 3.21. The van der Waals surface area contributed by atoms with Gasteiger partial charge in [-0.05, 0) is 35.4 Å². The number of hydrogen-bond acceptors (Lipinski definition) is 3. The lowest BCUT2D eigenvalue weighted by molar-refractivity contribution is 0.0658. The van der Waals surface area contributed by atoms with Gasteiger partial charge in [-0.3, -0.25) is 0 Å². The van der Waals surface area contributed by atoms with Crippen molar-refractivity contribution in [3.05, 3.63) is 78.3 Å². The fourth-order valence-corrected chi connectivity index (χ4v) is 2.10. The number of hydrogen-bond donors (Lipinski definition) is 1. The molecule has 3 rings (SSSR count). The lowest BCUT2D eigenvalue weighted by Crippen LogP contribution is -1.95. The Hall–Kier alpha value is -3.01. The highest BCUT2D eigenvalue weighted by Gasteiger charge is 2.09. The van der Waals surface area contributed by atoms with Crippen LogP contribution in [0, 0.1) is 0 Å². The summed E-state index contributed by atoms with van der Waals surface area (Å²) in [5.74, 6) is 0.00832. The number of aromatic carboxylic acids is 1. The number of rotatable bonds is 5. The molecule has 1 N–H and O–H groups in total. The largest absolute Gasteiger partial charge is 0.486 e. The Kier molecular flexibility index (Phi) is 3.92. The van der Waals surface area contributed by atoms with Crippen LogP contribution >= 0.6 is 0 Å². The van der Waals surface area contributed by atoms with Crippen LogP contribution in [0.5, 0.6) is 5.75 Å². The first-order valence-electron chi connectivity index (χ1n) is 6.83. The summed E-state index contributed by atoms with van der Waals surface area (Å²) in [6.45, 7) is 0.192. The molecule has 1 heterocycles. The molecule has 0 aliphatic carbocycles. The minimum Gasteiger partial charge on any atom is -0.486 e. The Labute approximate surface area is 127 Å². The average molecular weight is 294 g/mol. The first kappa shape index (κ1) is 13.9. The van der Waals surface area contributed by atoms with E-state index in [9.17, 15) is 4.79 Å². The molecule has 0 spiro atoms. The molecule has 0 aliphatic rings. The molecule has 0 saturated heterocycles. The monoisotopic (exact) mass is 294 g/mol. The van der Waals surface area contributed by atoms with Gasteiger partial charge in [0.15, 0.2) is 0 Å². The molecule has 110 valence electrons. The lowest BCUT2D eigenvalue weighted by Gasteiger charge is -2.06. The van der Waals surface area contributed by atoms with Gasteiger partial charge in [-0.2, -0.15) is 0 Å². The summed E-state index contributed by atoms with van der Waals surface area (Å²) in [6, 6.07) is 20.8. The van der Waals surface area contributed by atoms with Crippen molar-refractivity contribution in [3.63, 3.8) is 0 Å². The van der Waals surface area contributed by atoms with E-state index in [0.717, 1.165) is 11.1 Å². The van der Waals surface area contributed by atoms with E-state index in [1.807, 2.05) is 54.6 Å². The van der Waals surface area contributed by atoms with Crippen LogP contribution in [0.3, 0.4) is 0 Å². The summed E-state index contributed by atoms with van der Waals surface area (Å²) >= 11 is 0. The van der Waals surface area contributed by atoms with Gasteiger partial charge in [0.1, 0.15) is 18.1 Å². The topological polar surface area (TPSA) is 59.7 Å². The third-order valence-corrected chi connectivity index (χ3v) is 3.21. The second kappa shape index (κ2) is 6.18. The van der Waals surface area contributed by atoms with Crippen LogP contribution in [0.15, 0.2) is 71.1 Å². The molecule has 0 radical (unpaired) electrons. The summed E-state index contributed by atoms with van der Waals surface area (Å²) in [5.41, 5.74) is 2.25. The highest BCUT2D eigenvalue weighted by molar-refractivity contribution is 5.84. The van der Waals surface area contributed by atoms with Crippen molar-refractivity contribution in [2.24, 2.45) is 0 Å². The molecule has 2 aromatic carbocycles. The smallest absolute Gasteiger partial charge is 0.371 e. The molecule has 0 bridgehead atoms. The zero-order chi connectivity index (χ0) is 15.4. The number of furan rings is 1. The quantitative estimate of drug-likeness (QED) is 0.765. The summed E-state index contributed by atoms with van der Waals surface area (Å²) in [4.78, 5) is 10.7. The molecule has 4 nitrogen and oxygen atoms in total. The van der Waals surface area contributed by atoms with Gasteiger partial charge in [-0.1, -0.05) is 42.5 Å². The molecule has 0 amide bonds. The predicted octanol–water partition coefficient (Wildman–Crippen LogP) is 4.22. The molecule has 4 heteroatoms. The molecule has 0 saturated carbocycles. The third kappa shape index (κ3) is 3.17. The minimum absolute atomic E-state index is 0.0852. The van der Waals surface area contributed by atoms with Crippen LogP contribution in [0.2, 0.25) is 0 Å². The van der Waals surface area contributed by atoms with Crippen molar-refractivity contribution < 1.29 is 19.1 Å². The number of carbonyl (C=O) groups is 1. The molecule has 0 fully saturated rings. The van der Waals surface area contributed by atoms with Gasteiger partial charge in [0.2, 0.25) is 5.76 Å². The van der Waals surface area contributed by atoms with Gasteiger partial charge in [0.05, 0.1) is 0 Å². The van der Waals surface area contributed by atoms with Crippen molar-refractivity contribution in [2.75, 3.05) is 0 Å². The van der Waals surface area contributed by atoms with Gasteiger partial charge < -0.3 is 14.3 Å². The maximum atomic E-state index is 10.7.